The molecule has 0 fully saturated rings. The van der Waals surface area contributed by atoms with Crippen LogP contribution in [0.5, 0.6) is 0 Å². The first kappa shape index (κ1) is 14.9. The molecule has 0 aliphatic carbocycles. The summed E-state index contributed by atoms with van der Waals surface area (Å²) in [6.07, 6.45) is 2.73. The number of aliphatic hydroxyl groups is 1. The van der Waals surface area contributed by atoms with Crippen molar-refractivity contribution >= 4 is 17.3 Å². The number of halogens is 1. The molecule has 4 nitrogen and oxygen atoms in total. The third-order valence-electron chi connectivity index (χ3n) is 3.52. The Kier molecular flexibility index (Phi) is 4.68. The minimum absolute atomic E-state index is 0.362. The molecule has 0 spiro atoms. The number of rotatable bonds is 5. The number of hydrogen-bond acceptors (Lipinski definition) is 3. The smallest absolute Gasteiger partial charge is 0.0865 e. The second-order valence-corrected chi connectivity index (χ2v) is 5.47. The summed E-state index contributed by atoms with van der Waals surface area (Å²) in [5.74, 6) is 0. The van der Waals surface area contributed by atoms with Gasteiger partial charge in [0.2, 0.25) is 0 Å². The molecule has 1 heterocycles. The topological polar surface area (TPSA) is 64.1 Å². The molecule has 0 saturated heterocycles. The van der Waals surface area contributed by atoms with E-state index in [1.165, 1.54) is 0 Å². The van der Waals surface area contributed by atoms with Gasteiger partial charge in [-0.2, -0.15) is 5.10 Å². The van der Waals surface area contributed by atoms with E-state index in [4.69, 9.17) is 17.3 Å². The predicted molar refractivity (Wildman–Crippen MR) is 81.8 cm³/mol. The van der Waals surface area contributed by atoms with Gasteiger partial charge in [0.1, 0.15) is 0 Å². The van der Waals surface area contributed by atoms with Crippen LogP contribution < -0.4 is 5.73 Å². The Morgan fingerprint density at radius 2 is 2.15 bits per heavy atom. The molecule has 5 heteroatoms. The van der Waals surface area contributed by atoms with Gasteiger partial charge in [0.15, 0.2) is 0 Å². The molecule has 0 amide bonds. The third kappa shape index (κ3) is 3.32. The lowest BCUT2D eigenvalue weighted by molar-refractivity contribution is 0.177. The van der Waals surface area contributed by atoms with E-state index in [0.717, 1.165) is 12.1 Å². The maximum atomic E-state index is 10.3. The Morgan fingerprint density at radius 1 is 1.40 bits per heavy atom. The van der Waals surface area contributed by atoms with E-state index in [1.807, 2.05) is 16.9 Å². The highest BCUT2D eigenvalue weighted by Crippen LogP contribution is 2.26. The Balaban J connectivity index is 2.11. The predicted octanol–water partition coefficient (Wildman–Crippen LogP) is 3.37. The summed E-state index contributed by atoms with van der Waals surface area (Å²) in [5, 5.41) is 15.3. The van der Waals surface area contributed by atoms with Crippen molar-refractivity contribution in [1.29, 1.82) is 0 Å². The van der Waals surface area contributed by atoms with Crippen molar-refractivity contribution in [3.05, 3.63) is 46.7 Å². The quantitative estimate of drug-likeness (QED) is 0.831. The Labute approximate surface area is 124 Å². The number of nitrogens with zero attached hydrogens (tertiary/aromatic N) is 2. The zero-order valence-electron chi connectivity index (χ0n) is 11.8. The van der Waals surface area contributed by atoms with Gasteiger partial charge in [-0.25, -0.2) is 0 Å². The van der Waals surface area contributed by atoms with E-state index in [1.54, 1.807) is 18.2 Å². The van der Waals surface area contributed by atoms with Crippen LogP contribution in [0.15, 0.2) is 30.5 Å². The van der Waals surface area contributed by atoms with Crippen LogP contribution in [-0.4, -0.2) is 14.9 Å². The van der Waals surface area contributed by atoms with Gasteiger partial charge in [-0.15, -0.1) is 0 Å². The molecule has 1 aromatic heterocycles. The molecule has 0 aliphatic heterocycles. The molecule has 2 unspecified atom stereocenters. The molecule has 0 saturated carbocycles. The van der Waals surface area contributed by atoms with Crippen LogP contribution >= 0.6 is 11.6 Å². The molecular formula is C15H20ClN3O. The molecule has 20 heavy (non-hydrogen) atoms. The van der Waals surface area contributed by atoms with Crippen molar-refractivity contribution in [2.24, 2.45) is 0 Å². The van der Waals surface area contributed by atoms with Gasteiger partial charge in [-0.3, -0.25) is 4.68 Å². The molecule has 0 radical (unpaired) electrons. The number of nitrogen functional groups attached to an aromatic ring is 1. The standard InChI is InChI=1S/C15H20ClN3O/c1-3-10(2)19-7-6-12(18-19)9-15(20)13-5-4-11(16)8-14(13)17/h4-8,10,15,20H,3,9,17H2,1-2H3. The molecule has 1 aromatic carbocycles. The van der Waals surface area contributed by atoms with Gasteiger partial charge in [-0.1, -0.05) is 24.6 Å². The summed E-state index contributed by atoms with van der Waals surface area (Å²) in [5.41, 5.74) is 7.93. The van der Waals surface area contributed by atoms with Crippen molar-refractivity contribution in [1.82, 2.24) is 9.78 Å². The minimum Gasteiger partial charge on any atom is -0.398 e. The van der Waals surface area contributed by atoms with Crippen molar-refractivity contribution in [2.45, 2.75) is 38.8 Å². The third-order valence-corrected chi connectivity index (χ3v) is 3.75. The van der Waals surface area contributed by atoms with E-state index >= 15 is 0 Å². The van der Waals surface area contributed by atoms with E-state index in [0.29, 0.717) is 28.7 Å². The van der Waals surface area contributed by atoms with Crippen molar-refractivity contribution in [3.8, 4) is 0 Å². The lowest BCUT2D eigenvalue weighted by Crippen LogP contribution is -2.08. The summed E-state index contributed by atoms with van der Waals surface area (Å²) in [4.78, 5) is 0. The van der Waals surface area contributed by atoms with E-state index in [9.17, 15) is 5.11 Å². The second kappa shape index (κ2) is 6.29. The van der Waals surface area contributed by atoms with Gasteiger partial charge in [-0.05, 0) is 31.5 Å². The van der Waals surface area contributed by atoms with Crippen LogP contribution in [0.1, 0.15) is 43.7 Å². The first-order valence-electron chi connectivity index (χ1n) is 6.78. The summed E-state index contributed by atoms with van der Waals surface area (Å²) >= 11 is 5.86. The average Bonchev–Trinajstić information content (AvgIpc) is 2.86. The number of benzene rings is 1. The number of anilines is 1. The number of nitrogens with two attached hydrogens (primary N) is 1. The monoisotopic (exact) mass is 293 g/mol. The molecule has 0 bridgehead atoms. The van der Waals surface area contributed by atoms with Crippen molar-refractivity contribution in [3.63, 3.8) is 0 Å². The molecule has 2 rings (SSSR count). The van der Waals surface area contributed by atoms with Crippen molar-refractivity contribution in [2.75, 3.05) is 5.73 Å². The summed E-state index contributed by atoms with van der Waals surface area (Å²) in [7, 11) is 0. The summed E-state index contributed by atoms with van der Waals surface area (Å²) in [6.45, 7) is 4.24. The largest absolute Gasteiger partial charge is 0.398 e. The number of aromatic nitrogens is 2. The van der Waals surface area contributed by atoms with Gasteiger partial charge in [0, 0.05) is 34.9 Å². The van der Waals surface area contributed by atoms with Crippen molar-refractivity contribution < 1.29 is 5.11 Å². The normalized spacial score (nSPS) is 14.2. The summed E-state index contributed by atoms with van der Waals surface area (Å²) in [6, 6.07) is 7.43. The number of hydrogen-bond donors (Lipinski definition) is 2. The Morgan fingerprint density at radius 3 is 2.80 bits per heavy atom. The van der Waals surface area contributed by atoms with Crippen LogP contribution in [0, 0.1) is 0 Å². The molecule has 3 N–H and O–H groups in total. The zero-order valence-corrected chi connectivity index (χ0v) is 12.5. The molecule has 2 atom stereocenters. The fourth-order valence-corrected chi connectivity index (χ4v) is 2.26. The highest BCUT2D eigenvalue weighted by molar-refractivity contribution is 6.30. The van der Waals surface area contributed by atoms with Crippen LogP contribution in [0.4, 0.5) is 5.69 Å². The average molecular weight is 294 g/mol. The first-order chi connectivity index (χ1) is 9.51. The van der Waals surface area contributed by atoms with Crippen LogP contribution in [0.25, 0.3) is 0 Å². The maximum Gasteiger partial charge on any atom is 0.0865 e. The molecular weight excluding hydrogens is 274 g/mol. The summed E-state index contributed by atoms with van der Waals surface area (Å²) < 4.78 is 1.92. The van der Waals surface area contributed by atoms with E-state index in [-0.39, 0.29) is 0 Å². The SMILES string of the molecule is CCC(C)n1ccc(CC(O)c2ccc(Cl)cc2N)n1. The Bertz CT molecular complexity index is 582. The van der Waals surface area contributed by atoms with Gasteiger partial charge in [0.05, 0.1) is 11.8 Å². The van der Waals surface area contributed by atoms with Crippen LogP contribution in [-0.2, 0) is 6.42 Å². The van der Waals surface area contributed by atoms with E-state index < -0.39 is 6.10 Å². The lowest BCUT2D eigenvalue weighted by Gasteiger charge is -2.13. The number of aliphatic hydroxyl groups excluding tert-OH is 1. The van der Waals surface area contributed by atoms with Crippen LogP contribution in [0.2, 0.25) is 5.02 Å². The zero-order chi connectivity index (χ0) is 14.7. The fourth-order valence-electron chi connectivity index (χ4n) is 2.08. The fraction of sp³-hybridized carbons (Fsp3) is 0.400. The molecule has 2 aromatic rings. The molecule has 108 valence electrons. The van der Waals surface area contributed by atoms with Gasteiger partial charge < -0.3 is 10.8 Å². The minimum atomic E-state index is -0.674. The van der Waals surface area contributed by atoms with Gasteiger partial charge in [0.25, 0.3) is 0 Å². The second-order valence-electron chi connectivity index (χ2n) is 5.04. The lowest BCUT2D eigenvalue weighted by atomic mass is 10.0. The first-order valence-corrected chi connectivity index (χ1v) is 7.16. The van der Waals surface area contributed by atoms with Crippen LogP contribution in [0.3, 0.4) is 0 Å². The maximum absolute atomic E-state index is 10.3. The molecule has 0 aliphatic rings. The van der Waals surface area contributed by atoms with Gasteiger partial charge >= 0.3 is 0 Å². The highest BCUT2D eigenvalue weighted by Gasteiger charge is 2.14. The Hall–Kier alpha value is -1.52. The highest BCUT2D eigenvalue weighted by atomic mass is 35.5. The van der Waals surface area contributed by atoms with E-state index in [2.05, 4.69) is 18.9 Å².